The minimum Gasteiger partial charge on any atom is -0.318 e. The Balaban J connectivity index is 2.01. The SMILES string of the molecule is CC(=O)c1ccc(NC(=O)C(=O)Nc2ccccc2C)cc1. The van der Waals surface area contributed by atoms with Gasteiger partial charge in [-0.05, 0) is 49.7 Å². The van der Waals surface area contributed by atoms with Crippen LogP contribution in [0.4, 0.5) is 11.4 Å². The molecule has 0 aliphatic rings. The molecule has 2 amide bonds. The molecule has 0 unspecified atom stereocenters. The predicted octanol–water partition coefficient (Wildman–Crippen LogP) is 2.77. The lowest BCUT2D eigenvalue weighted by Gasteiger charge is -2.08. The highest BCUT2D eigenvalue weighted by atomic mass is 16.2. The highest BCUT2D eigenvalue weighted by Crippen LogP contribution is 2.14. The highest BCUT2D eigenvalue weighted by molar-refractivity contribution is 6.43. The lowest BCUT2D eigenvalue weighted by molar-refractivity contribution is -0.133. The van der Waals surface area contributed by atoms with Gasteiger partial charge in [-0.1, -0.05) is 18.2 Å². The van der Waals surface area contributed by atoms with Crippen molar-refractivity contribution in [3.63, 3.8) is 0 Å². The number of rotatable bonds is 3. The van der Waals surface area contributed by atoms with Gasteiger partial charge in [0.1, 0.15) is 0 Å². The average Bonchev–Trinajstić information content (AvgIpc) is 2.50. The summed E-state index contributed by atoms with van der Waals surface area (Å²) in [5.74, 6) is -1.57. The standard InChI is InChI=1S/C17H16N2O3/c1-11-5-3-4-6-15(11)19-17(22)16(21)18-14-9-7-13(8-10-14)12(2)20/h3-10H,1-2H3,(H,18,21)(H,19,22). The Morgan fingerprint density at radius 1 is 0.818 bits per heavy atom. The Bertz CT molecular complexity index is 721. The van der Waals surface area contributed by atoms with E-state index in [1.165, 1.54) is 6.92 Å². The molecule has 0 aromatic heterocycles. The third-order valence-electron chi connectivity index (χ3n) is 3.15. The summed E-state index contributed by atoms with van der Waals surface area (Å²) in [6.07, 6.45) is 0. The molecule has 0 atom stereocenters. The minimum absolute atomic E-state index is 0.0600. The summed E-state index contributed by atoms with van der Waals surface area (Å²) in [7, 11) is 0. The number of Topliss-reactive ketones (excluding diaryl/α,β-unsaturated/α-hetero) is 1. The van der Waals surface area contributed by atoms with Crippen LogP contribution in [-0.4, -0.2) is 17.6 Å². The Kier molecular flexibility index (Phi) is 4.68. The van der Waals surface area contributed by atoms with E-state index in [4.69, 9.17) is 0 Å². The number of carbonyl (C=O) groups is 3. The van der Waals surface area contributed by atoms with Crippen LogP contribution >= 0.6 is 0 Å². The first kappa shape index (κ1) is 15.4. The Morgan fingerprint density at radius 2 is 1.41 bits per heavy atom. The minimum atomic E-state index is -0.765. The van der Waals surface area contributed by atoms with Crippen LogP contribution < -0.4 is 10.6 Å². The molecular weight excluding hydrogens is 280 g/mol. The summed E-state index contributed by atoms with van der Waals surface area (Å²) in [6.45, 7) is 3.30. The van der Waals surface area contributed by atoms with Gasteiger partial charge < -0.3 is 10.6 Å². The first-order valence-electron chi connectivity index (χ1n) is 6.76. The second kappa shape index (κ2) is 6.67. The number of hydrogen-bond acceptors (Lipinski definition) is 3. The molecule has 0 aliphatic carbocycles. The molecule has 0 fully saturated rings. The third kappa shape index (κ3) is 3.79. The Morgan fingerprint density at radius 3 is 2.00 bits per heavy atom. The van der Waals surface area contributed by atoms with E-state index in [0.29, 0.717) is 16.9 Å². The lowest BCUT2D eigenvalue weighted by Crippen LogP contribution is -2.29. The van der Waals surface area contributed by atoms with Crippen molar-refractivity contribution >= 4 is 29.0 Å². The zero-order chi connectivity index (χ0) is 16.1. The number of amides is 2. The first-order valence-corrected chi connectivity index (χ1v) is 6.76. The van der Waals surface area contributed by atoms with E-state index < -0.39 is 11.8 Å². The van der Waals surface area contributed by atoms with E-state index in [0.717, 1.165) is 5.56 Å². The molecule has 112 valence electrons. The molecule has 2 aromatic rings. The van der Waals surface area contributed by atoms with E-state index in [1.54, 1.807) is 36.4 Å². The van der Waals surface area contributed by atoms with Gasteiger partial charge in [0, 0.05) is 16.9 Å². The zero-order valence-electron chi connectivity index (χ0n) is 12.3. The fourth-order valence-corrected chi connectivity index (χ4v) is 1.87. The second-order valence-corrected chi connectivity index (χ2v) is 4.86. The number of nitrogens with one attached hydrogen (secondary N) is 2. The van der Waals surface area contributed by atoms with Gasteiger partial charge in [-0.25, -0.2) is 0 Å². The molecule has 0 heterocycles. The van der Waals surface area contributed by atoms with Crippen LogP contribution in [0.2, 0.25) is 0 Å². The summed E-state index contributed by atoms with van der Waals surface area (Å²) in [5.41, 5.74) is 2.46. The fraction of sp³-hybridized carbons (Fsp3) is 0.118. The fourth-order valence-electron chi connectivity index (χ4n) is 1.87. The van der Waals surface area contributed by atoms with Crippen LogP contribution in [-0.2, 0) is 9.59 Å². The summed E-state index contributed by atoms with van der Waals surface area (Å²) < 4.78 is 0. The monoisotopic (exact) mass is 296 g/mol. The predicted molar refractivity (Wildman–Crippen MR) is 84.9 cm³/mol. The number of para-hydroxylation sites is 1. The maximum absolute atomic E-state index is 11.9. The largest absolute Gasteiger partial charge is 0.318 e. The summed E-state index contributed by atoms with van der Waals surface area (Å²) in [5, 5.41) is 5.04. The molecule has 0 spiro atoms. The van der Waals surface area contributed by atoms with E-state index in [1.807, 2.05) is 19.1 Å². The van der Waals surface area contributed by atoms with Crippen LogP contribution in [0.25, 0.3) is 0 Å². The van der Waals surface area contributed by atoms with Gasteiger partial charge in [-0.15, -0.1) is 0 Å². The van der Waals surface area contributed by atoms with Crippen LogP contribution in [0.5, 0.6) is 0 Å². The van der Waals surface area contributed by atoms with Crippen LogP contribution in [0, 0.1) is 6.92 Å². The van der Waals surface area contributed by atoms with Crippen molar-refractivity contribution in [3.8, 4) is 0 Å². The number of ketones is 1. The van der Waals surface area contributed by atoms with Gasteiger partial charge in [0.05, 0.1) is 0 Å². The molecule has 5 heteroatoms. The quantitative estimate of drug-likeness (QED) is 0.675. The number of carbonyl (C=O) groups excluding carboxylic acids is 3. The van der Waals surface area contributed by atoms with Crippen molar-refractivity contribution in [3.05, 3.63) is 59.7 Å². The number of hydrogen-bond donors (Lipinski definition) is 2. The van der Waals surface area contributed by atoms with Gasteiger partial charge in [0.25, 0.3) is 0 Å². The maximum Gasteiger partial charge on any atom is 0.314 e. The number of aryl methyl sites for hydroxylation is 1. The maximum atomic E-state index is 11.9. The molecule has 0 saturated heterocycles. The van der Waals surface area contributed by atoms with Crippen molar-refractivity contribution < 1.29 is 14.4 Å². The molecule has 0 bridgehead atoms. The Labute approximate surface area is 128 Å². The molecule has 22 heavy (non-hydrogen) atoms. The van der Waals surface area contributed by atoms with Gasteiger partial charge in [-0.2, -0.15) is 0 Å². The van der Waals surface area contributed by atoms with Gasteiger partial charge in [-0.3, -0.25) is 14.4 Å². The van der Waals surface area contributed by atoms with E-state index in [-0.39, 0.29) is 5.78 Å². The first-order chi connectivity index (χ1) is 10.5. The number of anilines is 2. The molecule has 2 rings (SSSR count). The van der Waals surface area contributed by atoms with Crippen LogP contribution in [0.15, 0.2) is 48.5 Å². The van der Waals surface area contributed by atoms with Crippen molar-refractivity contribution in [2.45, 2.75) is 13.8 Å². The molecule has 0 aliphatic heterocycles. The molecular formula is C17H16N2O3. The molecule has 2 aromatic carbocycles. The van der Waals surface area contributed by atoms with Crippen LogP contribution in [0.1, 0.15) is 22.8 Å². The molecule has 2 N–H and O–H groups in total. The van der Waals surface area contributed by atoms with Gasteiger partial charge in [0.15, 0.2) is 5.78 Å². The normalized spacial score (nSPS) is 9.91. The van der Waals surface area contributed by atoms with Gasteiger partial charge >= 0.3 is 11.8 Å². The molecule has 0 radical (unpaired) electrons. The topological polar surface area (TPSA) is 75.3 Å². The highest BCUT2D eigenvalue weighted by Gasteiger charge is 2.14. The van der Waals surface area contributed by atoms with Gasteiger partial charge in [0.2, 0.25) is 0 Å². The third-order valence-corrected chi connectivity index (χ3v) is 3.15. The smallest absolute Gasteiger partial charge is 0.314 e. The van der Waals surface area contributed by atoms with E-state index in [2.05, 4.69) is 10.6 Å². The van der Waals surface area contributed by atoms with E-state index in [9.17, 15) is 14.4 Å². The van der Waals surface area contributed by atoms with Crippen molar-refractivity contribution in [1.29, 1.82) is 0 Å². The van der Waals surface area contributed by atoms with Crippen molar-refractivity contribution in [2.75, 3.05) is 10.6 Å². The average molecular weight is 296 g/mol. The lowest BCUT2D eigenvalue weighted by atomic mass is 10.1. The van der Waals surface area contributed by atoms with E-state index >= 15 is 0 Å². The summed E-state index contributed by atoms with van der Waals surface area (Å²) >= 11 is 0. The Hall–Kier alpha value is -2.95. The van der Waals surface area contributed by atoms with Crippen molar-refractivity contribution in [1.82, 2.24) is 0 Å². The summed E-state index contributed by atoms with van der Waals surface area (Å²) in [4.78, 5) is 34.9. The molecule has 5 nitrogen and oxygen atoms in total. The van der Waals surface area contributed by atoms with Crippen LogP contribution in [0.3, 0.4) is 0 Å². The number of benzene rings is 2. The molecule has 0 saturated carbocycles. The zero-order valence-corrected chi connectivity index (χ0v) is 12.3. The van der Waals surface area contributed by atoms with Crippen molar-refractivity contribution in [2.24, 2.45) is 0 Å². The summed E-state index contributed by atoms with van der Waals surface area (Å²) in [6, 6.07) is 13.5. The second-order valence-electron chi connectivity index (χ2n) is 4.86.